The van der Waals surface area contributed by atoms with Gasteiger partial charge in [0.25, 0.3) is 11.8 Å². The summed E-state index contributed by atoms with van der Waals surface area (Å²) in [6.07, 6.45) is 0. The first kappa shape index (κ1) is 17.8. The number of likely N-dealkylation sites (N-methyl/N-ethyl adjacent to an activating group) is 1. The van der Waals surface area contributed by atoms with E-state index in [1.54, 1.807) is 19.2 Å². The van der Waals surface area contributed by atoms with Crippen LogP contribution >= 0.6 is 0 Å². The van der Waals surface area contributed by atoms with Crippen molar-refractivity contribution in [3.63, 3.8) is 0 Å². The van der Waals surface area contributed by atoms with Crippen molar-refractivity contribution in [3.8, 4) is 0 Å². The lowest BCUT2D eigenvalue weighted by Crippen LogP contribution is -2.45. The van der Waals surface area contributed by atoms with Gasteiger partial charge in [0, 0.05) is 12.7 Å². The molecule has 0 saturated carbocycles. The first-order valence-corrected chi connectivity index (χ1v) is 8.91. The van der Waals surface area contributed by atoms with Crippen LogP contribution in [0.2, 0.25) is 0 Å². The minimum absolute atomic E-state index is 0.142. The SMILES string of the molecule is Cc1ccc(N2C(=O)C3N=NN(CC(=O)N(C)c4ccccc4)C3C2=O)cc1. The molecule has 2 atom stereocenters. The number of nitrogens with zero attached hydrogens (tertiary/aromatic N) is 5. The van der Waals surface area contributed by atoms with E-state index in [4.69, 9.17) is 0 Å². The Hall–Kier alpha value is -3.55. The molecule has 142 valence electrons. The maximum Gasteiger partial charge on any atom is 0.263 e. The molecular formula is C20H19N5O3. The number of carbonyl (C=O) groups excluding carboxylic acids is 3. The van der Waals surface area contributed by atoms with Crippen molar-refractivity contribution in [2.45, 2.75) is 19.0 Å². The van der Waals surface area contributed by atoms with Crippen molar-refractivity contribution in [2.75, 3.05) is 23.4 Å². The molecule has 2 aromatic rings. The number of fused-ring (bicyclic) bond motifs is 1. The first-order valence-electron chi connectivity index (χ1n) is 8.91. The number of hydrogen-bond acceptors (Lipinski definition) is 6. The highest BCUT2D eigenvalue weighted by molar-refractivity contribution is 6.25. The maximum absolute atomic E-state index is 12.9. The normalized spacial score (nSPS) is 20.6. The average molecular weight is 377 g/mol. The molecule has 8 nitrogen and oxygen atoms in total. The molecule has 1 saturated heterocycles. The van der Waals surface area contributed by atoms with Crippen LogP contribution in [0.25, 0.3) is 0 Å². The summed E-state index contributed by atoms with van der Waals surface area (Å²) in [7, 11) is 1.66. The summed E-state index contributed by atoms with van der Waals surface area (Å²) >= 11 is 0. The maximum atomic E-state index is 12.9. The highest BCUT2D eigenvalue weighted by atomic mass is 16.2. The molecular weight excluding hydrogens is 358 g/mol. The second-order valence-electron chi connectivity index (χ2n) is 6.83. The van der Waals surface area contributed by atoms with Gasteiger partial charge in [-0.2, -0.15) is 5.11 Å². The Bertz CT molecular complexity index is 958. The van der Waals surface area contributed by atoms with Crippen molar-refractivity contribution in [3.05, 3.63) is 60.2 Å². The van der Waals surface area contributed by atoms with Crippen LogP contribution < -0.4 is 9.80 Å². The van der Waals surface area contributed by atoms with Gasteiger partial charge in [-0.05, 0) is 31.2 Å². The van der Waals surface area contributed by atoms with Crippen LogP contribution in [-0.4, -0.2) is 48.4 Å². The molecule has 4 rings (SSSR count). The van der Waals surface area contributed by atoms with Gasteiger partial charge in [0.2, 0.25) is 5.91 Å². The van der Waals surface area contributed by atoms with Gasteiger partial charge in [-0.1, -0.05) is 41.1 Å². The van der Waals surface area contributed by atoms with Gasteiger partial charge in [-0.25, -0.2) is 4.90 Å². The summed E-state index contributed by atoms with van der Waals surface area (Å²) < 4.78 is 0. The number of carbonyl (C=O) groups is 3. The highest BCUT2D eigenvalue weighted by Crippen LogP contribution is 2.32. The minimum Gasteiger partial charge on any atom is -0.314 e. The molecule has 2 aliphatic rings. The number of benzene rings is 2. The summed E-state index contributed by atoms with van der Waals surface area (Å²) in [5.74, 6) is -1.09. The number of imide groups is 1. The van der Waals surface area contributed by atoms with Gasteiger partial charge in [-0.15, -0.1) is 0 Å². The Morgan fingerprint density at radius 1 is 1.04 bits per heavy atom. The first-order chi connectivity index (χ1) is 13.5. The van der Waals surface area contributed by atoms with Crippen LogP contribution in [0.15, 0.2) is 64.9 Å². The Morgan fingerprint density at radius 2 is 1.71 bits per heavy atom. The number of rotatable bonds is 4. The quantitative estimate of drug-likeness (QED) is 0.762. The van der Waals surface area contributed by atoms with E-state index in [1.165, 1.54) is 9.91 Å². The minimum atomic E-state index is -0.913. The second-order valence-corrected chi connectivity index (χ2v) is 6.83. The van der Waals surface area contributed by atoms with Crippen molar-refractivity contribution < 1.29 is 14.4 Å². The van der Waals surface area contributed by atoms with Gasteiger partial charge in [0.1, 0.15) is 6.54 Å². The lowest BCUT2D eigenvalue weighted by Gasteiger charge is -2.23. The largest absolute Gasteiger partial charge is 0.314 e. The molecule has 0 radical (unpaired) electrons. The molecule has 2 aliphatic heterocycles. The van der Waals surface area contributed by atoms with Crippen molar-refractivity contribution in [1.29, 1.82) is 0 Å². The molecule has 8 heteroatoms. The average Bonchev–Trinajstić information content (AvgIpc) is 3.23. The predicted octanol–water partition coefficient (Wildman–Crippen LogP) is 1.95. The van der Waals surface area contributed by atoms with Crippen molar-refractivity contribution in [2.24, 2.45) is 10.3 Å². The summed E-state index contributed by atoms with van der Waals surface area (Å²) in [4.78, 5) is 40.9. The summed E-state index contributed by atoms with van der Waals surface area (Å²) in [5, 5.41) is 9.19. The van der Waals surface area contributed by atoms with E-state index in [2.05, 4.69) is 10.3 Å². The molecule has 3 amide bonds. The Kier molecular flexibility index (Phi) is 4.38. The summed E-state index contributed by atoms with van der Waals surface area (Å²) in [5.41, 5.74) is 2.26. The fourth-order valence-corrected chi connectivity index (χ4v) is 3.34. The van der Waals surface area contributed by atoms with Gasteiger partial charge in [-0.3, -0.25) is 19.4 Å². The molecule has 0 spiro atoms. The molecule has 1 fully saturated rings. The number of amides is 3. The van der Waals surface area contributed by atoms with Crippen molar-refractivity contribution in [1.82, 2.24) is 5.01 Å². The van der Waals surface area contributed by atoms with Crippen LogP contribution in [0, 0.1) is 6.92 Å². The van der Waals surface area contributed by atoms with E-state index in [0.717, 1.165) is 16.2 Å². The van der Waals surface area contributed by atoms with Crippen LogP contribution in [0.1, 0.15) is 5.56 Å². The standard InChI is InChI=1S/C20H19N5O3/c1-13-8-10-15(11-9-13)25-19(27)17-18(20(25)28)24(22-21-17)12-16(26)23(2)14-6-4-3-5-7-14/h3-11,17-18H,12H2,1-2H3. The van der Waals surface area contributed by atoms with Gasteiger partial charge >= 0.3 is 0 Å². The van der Waals surface area contributed by atoms with E-state index in [9.17, 15) is 14.4 Å². The van der Waals surface area contributed by atoms with Crippen LogP contribution in [0.4, 0.5) is 11.4 Å². The topological polar surface area (TPSA) is 85.7 Å². The van der Waals surface area contributed by atoms with Crippen LogP contribution in [-0.2, 0) is 14.4 Å². The van der Waals surface area contributed by atoms with E-state index in [-0.39, 0.29) is 12.5 Å². The third-order valence-corrected chi connectivity index (χ3v) is 4.96. The van der Waals surface area contributed by atoms with E-state index >= 15 is 0 Å². The monoisotopic (exact) mass is 377 g/mol. The zero-order chi connectivity index (χ0) is 19.8. The van der Waals surface area contributed by atoms with Crippen LogP contribution in [0.5, 0.6) is 0 Å². The highest BCUT2D eigenvalue weighted by Gasteiger charge is 2.55. The van der Waals surface area contributed by atoms with E-state index < -0.39 is 23.9 Å². The van der Waals surface area contributed by atoms with Gasteiger partial charge < -0.3 is 4.90 Å². The molecule has 2 unspecified atom stereocenters. The molecule has 2 aromatic carbocycles. The Morgan fingerprint density at radius 3 is 2.39 bits per heavy atom. The predicted molar refractivity (Wildman–Crippen MR) is 103 cm³/mol. The third kappa shape index (κ3) is 2.92. The van der Waals surface area contributed by atoms with Gasteiger partial charge in [0.05, 0.1) is 5.69 Å². The lowest BCUT2D eigenvalue weighted by atomic mass is 10.1. The molecule has 0 bridgehead atoms. The van der Waals surface area contributed by atoms with Gasteiger partial charge in [0.15, 0.2) is 12.1 Å². The number of para-hydroxylation sites is 1. The number of hydrogen-bond donors (Lipinski definition) is 0. The summed E-state index contributed by atoms with van der Waals surface area (Å²) in [6.45, 7) is 1.79. The molecule has 28 heavy (non-hydrogen) atoms. The number of aryl methyl sites for hydroxylation is 1. The smallest absolute Gasteiger partial charge is 0.263 e. The van der Waals surface area contributed by atoms with Crippen LogP contribution in [0.3, 0.4) is 0 Å². The zero-order valence-electron chi connectivity index (χ0n) is 15.5. The second kappa shape index (κ2) is 6.88. The molecule has 0 aromatic heterocycles. The van der Waals surface area contributed by atoms with E-state index in [1.807, 2.05) is 49.4 Å². The Labute approximate surface area is 162 Å². The molecule has 0 N–H and O–H groups in total. The zero-order valence-corrected chi connectivity index (χ0v) is 15.5. The van der Waals surface area contributed by atoms with Crippen molar-refractivity contribution >= 4 is 29.1 Å². The molecule has 2 heterocycles. The third-order valence-electron chi connectivity index (χ3n) is 4.96. The number of anilines is 2. The lowest BCUT2D eigenvalue weighted by molar-refractivity contribution is -0.124. The van der Waals surface area contributed by atoms with E-state index in [0.29, 0.717) is 5.69 Å². The summed E-state index contributed by atoms with van der Waals surface area (Å²) in [6, 6.07) is 14.5. The fourth-order valence-electron chi connectivity index (χ4n) is 3.34. The fraction of sp³-hybridized carbons (Fsp3) is 0.250. The Balaban J connectivity index is 1.52. The molecule has 0 aliphatic carbocycles.